The van der Waals surface area contributed by atoms with Gasteiger partial charge in [0.05, 0.1) is 0 Å². The molecule has 2 N–H and O–H groups in total. The number of aryl methyl sites for hydroxylation is 2. The maximum Gasteiger partial charge on any atom is 0.321 e. The van der Waals surface area contributed by atoms with Crippen molar-refractivity contribution in [2.75, 3.05) is 23.3 Å². The van der Waals surface area contributed by atoms with Gasteiger partial charge in [-0.3, -0.25) is 14.5 Å². The number of ketones is 1. The quantitative estimate of drug-likeness (QED) is 0.770. The van der Waals surface area contributed by atoms with Gasteiger partial charge in [-0.15, -0.1) is 0 Å². The Kier molecular flexibility index (Phi) is 5.54. The molecule has 140 valence electrons. The van der Waals surface area contributed by atoms with Crippen molar-refractivity contribution in [2.45, 2.75) is 26.7 Å². The molecule has 1 aliphatic heterocycles. The van der Waals surface area contributed by atoms with E-state index < -0.39 is 0 Å². The van der Waals surface area contributed by atoms with Gasteiger partial charge < -0.3 is 10.6 Å². The van der Waals surface area contributed by atoms with Gasteiger partial charge in [-0.1, -0.05) is 17.7 Å². The number of carbonyl (C=O) groups is 3. The number of rotatable bonds is 6. The van der Waals surface area contributed by atoms with Gasteiger partial charge in [0.25, 0.3) is 0 Å². The Morgan fingerprint density at radius 3 is 2.48 bits per heavy atom. The SMILES string of the molecule is Cc1ccc(C)c(C(=O)CCC(=O)Nc2ccc(N3CCNC3=O)cc2)c1. The summed E-state index contributed by atoms with van der Waals surface area (Å²) in [7, 11) is 0. The van der Waals surface area contributed by atoms with Crippen molar-refractivity contribution in [3.63, 3.8) is 0 Å². The molecule has 0 unspecified atom stereocenters. The Morgan fingerprint density at radius 1 is 1.07 bits per heavy atom. The second-order valence-corrected chi connectivity index (χ2v) is 6.72. The minimum absolute atomic E-state index is 0.0262. The van der Waals surface area contributed by atoms with Crippen LogP contribution in [0.5, 0.6) is 0 Å². The van der Waals surface area contributed by atoms with Crippen LogP contribution < -0.4 is 15.5 Å². The molecule has 0 spiro atoms. The molecule has 0 radical (unpaired) electrons. The highest BCUT2D eigenvalue weighted by Crippen LogP contribution is 2.20. The zero-order chi connectivity index (χ0) is 19.4. The van der Waals surface area contributed by atoms with Gasteiger partial charge >= 0.3 is 6.03 Å². The lowest BCUT2D eigenvalue weighted by molar-refractivity contribution is -0.116. The summed E-state index contributed by atoms with van der Waals surface area (Å²) in [4.78, 5) is 37.8. The zero-order valence-electron chi connectivity index (χ0n) is 15.5. The van der Waals surface area contributed by atoms with E-state index in [0.29, 0.717) is 24.3 Å². The van der Waals surface area contributed by atoms with Gasteiger partial charge in [-0.2, -0.15) is 0 Å². The molecule has 1 fully saturated rings. The number of nitrogens with one attached hydrogen (secondary N) is 2. The Hall–Kier alpha value is -3.15. The lowest BCUT2D eigenvalue weighted by Crippen LogP contribution is -2.27. The van der Waals surface area contributed by atoms with Crippen molar-refractivity contribution >= 4 is 29.1 Å². The van der Waals surface area contributed by atoms with Gasteiger partial charge in [0.1, 0.15) is 0 Å². The molecule has 1 aliphatic rings. The van der Waals surface area contributed by atoms with E-state index in [-0.39, 0.29) is 30.6 Å². The normalized spacial score (nSPS) is 13.4. The molecule has 2 aromatic carbocycles. The Bertz CT molecular complexity index is 875. The number of hydrogen-bond acceptors (Lipinski definition) is 3. The first-order valence-electron chi connectivity index (χ1n) is 9.00. The van der Waals surface area contributed by atoms with Crippen LogP contribution in [0.4, 0.5) is 16.2 Å². The number of benzene rings is 2. The molecular weight excluding hydrogens is 342 g/mol. The van der Waals surface area contributed by atoms with E-state index in [1.807, 2.05) is 32.0 Å². The zero-order valence-corrected chi connectivity index (χ0v) is 15.5. The van der Waals surface area contributed by atoms with Gasteiger partial charge in [-0.25, -0.2) is 4.79 Å². The van der Waals surface area contributed by atoms with Crippen molar-refractivity contribution in [3.8, 4) is 0 Å². The van der Waals surface area contributed by atoms with E-state index >= 15 is 0 Å². The molecule has 1 saturated heterocycles. The third-order valence-corrected chi connectivity index (χ3v) is 4.59. The van der Waals surface area contributed by atoms with Crippen LogP contribution in [0.1, 0.15) is 34.3 Å². The van der Waals surface area contributed by atoms with Crippen molar-refractivity contribution in [2.24, 2.45) is 0 Å². The molecule has 1 heterocycles. The second kappa shape index (κ2) is 8.03. The van der Waals surface area contributed by atoms with Crippen LogP contribution in [0, 0.1) is 13.8 Å². The van der Waals surface area contributed by atoms with Crippen LogP contribution in [-0.4, -0.2) is 30.8 Å². The number of hydrogen-bond donors (Lipinski definition) is 2. The topological polar surface area (TPSA) is 78.5 Å². The highest BCUT2D eigenvalue weighted by atomic mass is 16.2. The molecule has 0 bridgehead atoms. The average Bonchev–Trinajstić information content (AvgIpc) is 3.08. The largest absolute Gasteiger partial charge is 0.336 e. The summed E-state index contributed by atoms with van der Waals surface area (Å²) in [5, 5.41) is 5.54. The van der Waals surface area contributed by atoms with Crippen molar-refractivity contribution < 1.29 is 14.4 Å². The van der Waals surface area contributed by atoms with E-state index in [4.69, 9.17) is 0 Å². The maximum absolute atomic E-state index is 12.4. The average molecular weight is 365 g/mol. The summed E-state index contributed by atoms with van der Waals surface area (Å²) in [5.74, 6) is -0.234. The summed E-state index contributed by atoms with van der Waals surface area (Å²) in [6.45, 7) is 5.10. The van der Waals surface area contributed by atoms with E-state index in [9.17, 15) is 14.4 Å². The summed E-state index contributed by atoms with van der Waals surface area (Å²) >= 11 is 0. The van der Waals surface area contributed by atoms with E-state index in [2.05, 4.69) is 10.6 Å². The van der Waals surface area contributed by atoms with Crippen LogP contribution in [0.3, 0.4) is 0 Å². The lowest BCUT2D eigenvalue weighted by Gasteiger charge is -2.14. The van der Waals surface area contributed by atoms with Crippen LogP contribution in [-0.2, 0) is 4.79 Å². The predicted molar refractivity (Wildman–Crippen MR) is 105 cm³/mol. The first-order chi connectivity index (χ1) is 12.9. The maximum atomic E-state index is 12.4. The smallest absolute Gasteiger partial charge is 0.321 e. The van der Waals surface area contributed by atoms with Crippen LogP contribution in [0.15, 0.2) is 42.5 Å². The highest BCUT2D eigenvalue weighted by Gasteiger charge is 2.20. The van der Waals surface area contributed by atoms with Gasteiger partial charge in [0, 0.05) is 42.9 Å². The number of anilines is 2. The first-order valence-corrected chi connectivity index (χ1v) is 9.00. The minimum Gasteiger partial charge on any atom is -0.336 e. The molecule has 0 aromatic heterocycles. The van der Waals surface area contributed by atoms with Gasteiger partial charge in [0.15, 0.2) is 5.78 Å². The van der Waals surface area contributed by atoms with Gasteiger partial charge in [-0.05, 0) is 49.7 Å². The molecule has 6 nitrogen and oxygen atoms in total. The van der Waals surface area contributed by atoms with E-state index in [0.717, 1.165) is 16.8 Å². The number of carbonyl (C=O) groups excluding carboxylic acids is 3. The lowest BCUT2D eigenvalue weighted by atomic mass is 9.99. The van der Waals surface area contributed by atoms with Gasteiger partial charge in [0.2, 0.25) is 5.91 Å². The van der Waals surface area contributed by atoms with E-state index in [1.54, 1.807) is 29.2 Å². The number of amides is 3. The van der Waals surface area contributed by atoms with Crippen molar-refractivity contribution in [1.29, 1.82) is 0 Å². The molecule has 0 saturated carbocycles. The molecule has 2 aromatic rings. The Balaban J connectivity index is 1.54. The third-order valence-electron chi connectivity index (χ3n) is 4.59. The number of nitrogens with zero attached hydrogens (tertiary/aromatic N) is 1. The Morgan fingerprint density at radius 2 is 1.81 bits per heavy atom. The molecule has 27 heavy (non-hydrogen) atoms. The van der Waals surface area contributed by atoms with Crippen LogP contribution in [0.2, 0.25) is 0 Å². The predicted octanol–water partition coefficient (Wildman–Crippen LogP) is 3.43. The molecule has 0 atom stereocenters. The summed E-state index contributed by atoms with van der Waals surface area (Å²) < 4.78 is 0. The number of Topliss-reactive ketones (excluding diaryl/α,β-unsaturated/α-hetero) is 1. The minimum atomic E-state index is -0.208. The molecular formula is C21H23N3O3. The monoisotopic (exact) mass is 365 g/mol. The third kappa shape index (κ3) is 4.53. The fraction of sp³-hybridized carbons (Fsp3) is 0.286. The molecule has 6 heteroatoms. The fourth-order valence-corrected chi connectivity index (χ4v) is 3.06. The summed E-state index contributed by atoms with van der Waals surface area (Å²) in [5.41, 5.74) is 4.06. The standard InChI is InChI=1S/C21H23N3O3/c1-14-3-4-15(2)18(13-14)19(25)9-10-20(26)23-16-5-7-17(8-6-16)24-12-11-22-21(24)27/h3-8,13H,9-12H2,1-2H3,(H,22,27)(H,23,26). The second-order valence-electron chi connectivity index (χ2n) is 6.72. The van der Waals surface area contributed by atoms with E-state index in [1.165, 1.54) is 0 Å². The molecule has 0 aliphatic carbocycles. The fourth-order valence-electron chi connectivity index (χ4n) is 3.06. The molecule has 3 rings (SSSR count). The molecule has 3 amide bonds. The highest BCUT2D eigenvalue weighted by molar-refractivity contribution is 6.01. The van der Waals surface area contributed by atoms with Crippen molar-refractivity contribution in [3.05, 3.63) is 59.2 Å². The first kappa shape index (κ1) is 18.6. The van der Waals surface area contributed by atoms with Crippen molar-refractivity contribution in [1.82, 2.24) is 5.32 Å². The summed E-state index contributed by atoms with van der Waals surface area (Å²) in [6.07, 6.45) is 0.296. The number of urea groups is 1. The Labute approximate surface area is 158 Å². The summed E-state index contributed by atoms with van der Waals surface area (Å²) in [6, 6.07) is 12.7. The van der Waals surface area contributed by atoms with Crippen LogP contribution in [0.25, 0.3) is 0 Å². The van der Waals surface area contributed by atoms with Crippen LogP contribution >= 0.6 is 0 Å².